The quantitative estimate of drug-likeness (QED) is 0.342. The Labute approximate surface area is 199 Å². The zero-order valence-electron chi connectivity index (χ0n) is 21.2. The van der Waals surface area contributed by atoms with Gasteiger partial charge in [-0.15, -0.1) is 0 Å². The third-order valence-electron chi connectivity index (χ3n) is 9.90. The number of carboxylic acids is 1. The maximum atomic E-state index is 11.9. The molecule has 0 aromatic heterocycles. The second-order valence-electron chi connectivity index (χ2n) is 12.1. The molecule has 4 aliphatic rings. The highest BCUT2D eigenvalue weighted by molar-refractivity contribution is 5.74. The summed E-state index contributed by atoms with van der Waals surface area (Å²) in [5.74, 6) is 1.04. The molecule has 0 radical (unpaired) electrons. The Morgan fingerprint density at radius 2 is 2.06 bits per heavy atom. The van der Waals surface area contributed by atoms with Crippen LogP contribution >= 0.6 is 0 Å². The van der Waals surface area contributed by atoms with E-state index < -0.39 is 5.97 Å². The van der Waals surface area contributed by atoms with Gasteiger partial charge in [0.25, 0.3) is 0 Å². The number of allylic oxidation sites excluding steroid dienone is 5. The molecule has 2 fully saturated rings. The first-order valence-electron chi connectivity index (χ1n) is 13.0. The number of hydrogen-bond donors (Lipinski definition) is 1. The number of carbonyl (C=O) groups is 2. The van der Waals surface area contributed by atoms with Crippen molar-refractivity contribution in [3.05, 3.63) is 35.5 Å². The topological polar surface area (TPSA) is 63.6 Å². The molecule has 3 aliphatic carbocycles. The lowest BCUT2D eigenvalue weighted by Crippen LogP contribution is -2.43. The maximum absolute atomic E-state index is 11.9. The van der Waals surface area contributed by atoms with E-state index in [2.05, 4.69) is 46.4 Å². The number of hydrogen-bond acceptors (Lipinski definition) is 3. The van der Waals surface area contributed by atoms with E-state index in [0.717, 1.165) is 37.7 Å². The molecule has 1 aliphatic heterocycles. The number of ether oxygens (including phenoxy) is 1. The second kappa shape index (κ2) is 8.74. The van der Waals surface area contributed by atoms with Gasteiger partial charge in [0.15, 0.2) is 0 Å². The summed E-state index contributed by atoms with van der Waals surface area (Å²) >= 11 is 0. The summed E-state index contributed by atoms with van der Waals surface area (Å²) in [6.07, 6.45) is 12.1. The van der Waals surface area contributed by atoms with Gasteiger partial charge < -0.3 is 9.84 Å². The van der Waals surface area contributed by atoms with Gasteiger partial charge in [0, 0.05) is 12.3 Å². The van der Waals surface area contributed by atoms with E-state index in [9.17, 15) is 14.7 Å². The number of rotatable bonds is 7. The molecule has 0 spiro atoms. The lowest BCUT2D eigenvalue weighted by molar-refractivity contribution is -0.144. The predicted molar refractivity (Wildman–Crippen MR) is 130 cm³/mol. The van der Waals surface area contributed by atoms with Crippen molar-refractivity contribution < 1.29 is 19.4 Å². The number of aliphatic carboxylic acids is 1. The average molecular weight is 455 g/mol. The Bertz CT molecular complexity index is 897. The molecular weight excluding hydrogens is 412 g/mol. The molecule has 1 N–H and O–H groups in total. The monoisotopic (exact) mass is 454 g/mol. The van der Waals surface area contributed by atoms with Crippen LogP contribution in [0.2, 0.25) is 0 Å². The molecule has 0 aromatic rings. The smallest absolute Gasteiger partial charge is 0.309 e. The number of esters is 1. The van der Waals surface area contributed by atoms with Gasteiger partial charge in [-0.3, -0.25) is 9.59 Å². The molecule has 8 atom stereocenters. The maximum Gasteiger partial charge on any atom is 0.309 e. The molecule has 1 saturated carbocycles. The number of fused-ring (bicyclic) bond motifs is 2. The fourth-order valence-corrected chi connectivity index (χ4v) is 8.17. The van der Waals surface area contributed by atoms with Gasteiger partial charge in [-0.25, -0.2) is 0 Å². The Kier molecular flexibility index (Phi) is 6.44. The third-order valence-corrected chi connectivity index (χ3v) is 9.90. The molecule has 4 heteroatoms. The van der Waals surface area contributed by atoms with E-state index in [-0.39, 0.29) is 41.2 Å². The van der Waals surface area contributed by atoms with Crippen LogP contribution in [-0.2, 0) is 14.3 Å². The van der Waals surface area contributed by atoms with Crippen LogP contribution in [0, 0.1) is 40.4 Å². The first-order valence-corrected chi connectivity index (χ1v) is 13.0. The number of carbonyl (C=O) groups excluding carboxylic acids is 1. The largest absolute Gasteiger partial charge is 0.481 e. The molecule has 4 nitrogen and oxygen atoms in total. The van der Waals surface area contributed by atoms with E-state index in [1.165, 1.54) is 12.0 Å². The molecule has 1 unspecified atom stereocenters. The van der Waals surface area contributed by atoms with Crippen LogP contribution in [0.5, 0.6) is 0 Å². The van der Waals surface area contributed by atoms with Crippen molar-refractivity contribution in [1.29, 1.82) is 0 Å². The summed E-state index contributed by atoms with van der Waals surface area (Å²) in [5, 5.41) is 9.43. The Morgan fingerprint density at radius 1 is 1.33 bits per heavy atom. The normalized spacial score (nSPS) is 40.9. The van der Waals surface area contributed by atoms with Crippen LogP contribution in [0.4, 0.5) is 0 Å². The van der Waals surface area contributed by atoms with Gasteiger partial charge in [-0.1, -0.05) is 57.6 Å². The van der Waals surface area contributed by atoms with Gasteiger partial charge >= 0.3 is 11.9 Å². The Morgan fingerprint density at radius 3 is 2.67 bits per heavy atom. The minimum absolute atomic E-state index is 0.0339. The summed E-state index contributed by atoms with van der Waals surface area (Å²) in [6.45, 7) is 15.5. The van der Waals surface area contributed by atoms with E-state index in [1.807, 2.05) is 6.92 Å². The van der Waals surface area contributed by atoms with Crippen LogP contribution in [0.25, 0.3) is 0 Å². The average Bonchev–Trinajstić information content (AvgIpc) is 3.24. The van der Waals surface area contributed by atoms with Gasteiger partial charge in [-0.05, 0) is 86.0 Å². The van der Waals surface area contributed by atoms with Crippen LogP contribution in [0.1, 0.15) is 86.0 Å². The lowest BCUT2D eigenvalue weighted by Gasteiger charge is -2.52. The van der Waals surface area contributed by atoms with E-state index in [0.29, 0.717) is 24.2 Å². The van der Waals surface area contributed by atoms with Crippen LogP contribution < -0.4 is 0 Å². The summed E-state index contributed by atoms with van der Waals surface area (Å²) < 4.78 is 5.65. The van der Waals surface area contributed by atoms with E-state index >= 15 is 0 Å². The zero-order valence-corrected chi connectivity index (χ0v) is 21.2. The first kappa shape index (κ1) is 24.3. The fraction of sp³-hybridized carbons (Fsp3) is 0.724. The standard InChI is InChI=1S/C29H42O4/c1-17(2)22-8-7-21-24-10-9-23(18(3)15-20-16-19(4)27(32)33-20)29(24,6)13-11-25(21)28(22,5)14-12-26(30)31/h7-8,18-20,22-23,25H,1,9-16H2,2-6H3,(H,30,31)/t18-,19-,20-,22?,23-,25-,28+,29+/m1/s1. The van der Waals surface area contributed by atoms with Crippen molar-refractivity contribution in [1.82, 2.24) is 0 Å². The molecule has 33 heavy (non-hydrogen) atoms. The Hall–Kier alpha value is -1.84. The summed E-state index contributed by atoms with van der Waals surface area (Å²) in [4.78, 5) is 23.4. The van der Waals surface area contributed by atoms with Gasteiger partial charge in [-0.2, -0.15) is 0 Å². The minimum Gasteiger partial charge on any atom is -0.481 e. The summed E-state index contributed by atoms with van der Waals surface area (Å²) in [5.41, 5.74) is 4.33. The van der Waals surface area contributed by atoms with Gasteiger partial charge in [0.2, 0.25) is 0 Å². The van der Waals surface area contributed by atoms with Crippen molar-refractivity contribution in [2.75, 3.05) is 0 Å². The van der Waals surface area contributed by atoms with Crippen LogP contribution in [0.3, 0.4) is 0 Å². The van der Waals surface area contributed by atoms with Crippen LogP contribution in [0.15, 0.2) is 35.5 Å². The van der Waals surface area contributed by atoms with Crippen LogP contribution in [-0.4, -0.2) is 23.1 Å². The summed E-state index contributed by atoms with van der Waals surface area (Å²) in [6, 6.07) is 0. The van der Waals surface area contributed by atoms with E-state index in [4.69, 9.17) is 4.74 Å². The molecule has 1 saturated heterocycles. The molecule has 0 bridgehead atoms. The molecule has 182 valence electrons. The van der Waals surface area contributed by atoms with Crippen molar-refractivity contribution >= 4 is 11.9 Å². The molecular formula is C29H42O4. The third kappa shape index (κ3) is 4.12. The SMILES string of the molecule is C=C(C)C1C=CC2=C3CC[C@H]([C@H](C)C[C@@H]4C[C@@H](C)C(=O)O4)[C@]3(C)CC[C@H]2[C@@]1(C)CCC(=O)O. The number of carboxylic acid groups (broad SMARTS) is 1. The minimum atomic E-state index is -0.710. The van der Waals surface area contributed by atoms with Gasteiger partial charge in [0.1, 0.15) is 6.10 Å². The zero-order chi connectivity index (χ0) is 24.1. The fourth-order valence-electron chi connectivity index (χ4n) is 8.17. The molecule has 4 rings (SSSR count). The predicted octanol–water partition coefficient (Wildman–Crippen LogP) is 6.72. The lowest BCUT2D eigenvalue weighted by atomic mass is 9.52. The van der Waals surface area contributed by atoms with Gasteiger partial charge in [0.05, 0.1) is 5.92 Å². The second-order valence-corrected chi connectivity index (χ2v) is 12.1. The van der Waals surface area contributed by atoms with E-state index in [1.54, 1.807) is 5.57 Å². The van der Waals surface area contributed by atoms with Crippen molar-refractivity contribution in [2.24, 2.45) is 40.4 Å². The highest BCUT2D eigenvalue weighted by Gasteiger charge is 2.54. The Balaban J connectivity index is 1.61. The van der Waals surface area contributed by atoms with Crippen molar-refractivity contribution in [3.8, 4) is 0 Å². The molecule has 0 amide bonds. The van der Waals surface area contributed by atoms with Crippen molar-refractivity contribution in [2.45, 2.75) is 92.1 Å². The highest BCUT2D eigenvalue weighted by Crippen LogP contribution is 2.64. The first-order chi connectivity index (χ1) is 15.5. The number of cyclic esters (lactones) is 1. The summed E-state index contributed by atoms with van der Waals surface area (Å²) in [7, 11) is 0. The molecule has 0 aromatic carbocycles. The highest BCUT2D eigenvalue weighted by atomic mass is 16.5. The van der Waals surface area contributed by atoms with Crippen molar-refractivity contribution in [3.63, 3.8) is 0 Å². The molecule has 1 heterocycles.